The van der Waals surface area contributed by atoms with Crippen molar-refractivity contribution >= 4 is 0 Å². The average molecular weight is 160 g/mol. The molecule has 0 aromatic rings. The van der Waals surface area contributed by atoms with Gasteiger partial charge in [-0.1, -0.05) is 34.6 Å². The van der Waals surface area contributed by atoms with Crippen molar-refractivity contribution < 1.29 is 4.74 Å². The fourth-order valence-electron chi connectivity index (χ4n) is 0.809. The molecule has 70 valence electrons. The molecular formula is C10H24O. The first-order chi connectivity index (χ1) is 5.35. The van der Waals surface area contributed by atoms with Crippen molar-refractivity contribution in [1.29, 1.82) is 0 Å². The van der Waals surface area contributed by atoms with Crippen molar-refractivity contribution in [1.82, 2.24) is 0 Å². The third-order valence-electron chi connectivity index (χ3n) is 1.47. The maximum absolute atomic E-state index is 5.49. The molecule has 0 unspecified atom stereocenters. The van der Waals surface area contributed by atoms with E-state index >= 15 is 0 Å². The molecule has 1 heteroatoms. The van der Waals surface area contributed by atoms with E-state index in [4.69, 9.17) is 4.74 Å². The van der Waals surface area contributed by atoms with Gasteiger partial charge < -0.3 is 4.74 Å². The fraction of sp³-hybridized carbons (Fsp3) is 1.00. The Hall–Kier alpha value is -0.0400. The van der Waals surface area contributed by atoms with E-state index in [9.17, 15) is 0 Å². The monoisotopic (exact) mass is 160 g/mol. The summed E-state index contributed by atoms with van der Waals surface area (Å²) in [6, 6.07) is 0. The Kier molecular flexibility index (Phi) is 15.5. The maximum Gasteiger partial charge on any atom is 0.0569 e. The summed E-state index contributed by atoms with van der Waals surface area (Å²) in [4.78, 5) is 0. The minimum absolute atomic E-state index is 0.505. The summed E-state index contributed by atoms with van der Waals surface area (Å²) < 4.78 is 5.49. The van der Waals surface area contributed by atoms with Crippen molar-refractivity contribution in [3.63, 3.8) is 0 Å². The topological polar surface area (TPSA) is 9.23 Å². The molecule has 1 nitrogen and oxygen atoms in total. The van der Waals surface area contributed by atoms with Gasteiger partial charge in [0.2, 0.25) is 0 Å². The first-order valence-corrected chi connectivity index (χ1v) is 4.96. The van der Waals surface area contributed by atoms with Gasteiger partial charge in [0.05, 0.1) is 6.10 Å². The second-order valence-electron chi connectivity index (χ2n) is 2.31. The van der Waals surface area contributed by atoms with Gasteiger partial charge in [0.25, 0.3) is 0 Å². The minimum Gasteiger partial charge on any atom is -0.378 e. The van der Waals surface area contributed by atoms with Crippen LogP contribution >= 0.6 is 0 Å². The molecule has 11 heavy (non-hydrogen) atoms. The quantitative estimate of drug-likeness (QED) is 0.596. The molecule has 0 heterocycles. The Morgan fingerprint density at radius 3 is 1.73 bits per heavy atom. The Morgan fingerprint density at radius 2 is 1.45 bits per heavy atom. The van der Waals surface area contributed by atoms with Crippen LogP contribution in [0.5, 0.6) is 0 Å². The van der Waals surface area contributed by atoms with E-state index in [1.54, 1.807) is 0 Å². The predicted molar refractivity (Wildman–Crippen MR) is 52.0 cm³/mol. The molecule has 0 atom stereocenters. The number of hydrogen-bond acceptors (Lipinski definition) is 1. The first kappa shape index (κ1) is 13.5. The van der Waals surface area contributed by atoms with E-state index in [0.717, 1.165) is 25.9 Å². The molecule has 0 saturated heterocycles. The van der Waals surface area contributed by atoms with E-state index in [1.807, 2.05) is 13.8 Å². The van der Waals surface area contributed by atoms with Gasteiger partial charge in [0.15, 0.2) is 0 Å². The highest BCUT2D eigenvalue weighted by atomic mass is 16.5. The van der Waals surface area contributed by atoms with Gasteiger partial charge in [-0.05, 0) is 19.3 Å². The second kappa shape index (κ2) is 12.6. The molecule has 0 fully saturated rings. The van der Waals surface area contributed by atoms with Crippen molar-refractivity contribution in [2.24, 2.45) is 0 Å². The van der Waals surface area contributed by atoms with Gasteiger partial charge in [0.1, 0.15) is 0 Å². The van der Waals surface area contributed by atoms with E-state index in [2.05, 4.69) is 20.8 Å². The Bertz CT molecular complexity index is 48.8. The largest absolute Gasteiger partial charge is 0.378 e. The number of ether oxygens (including phenoxy) is 1. The van der Waals surface area contributed by atoms with E-state index < -0.39 is 0 Å². The minimum atomic E-state index is 0.505. The summed E-state index contributed by atoms with van der Waals surface area (Å²) in [5.41, 5.74) is 0. The Morgan fingerprint density at radius 1 is 1.00 bits per heavy atom. The third kappa shape index (κ3) is 9.96. The summed E-state index contributed by atoms with van der Waals surface area (Å²) in [5.74, 6) is 0. The van der Waals surface area contributed by atoms with Gasteiger partial charge in [-0.3, -0.25) is 0 Å². The highest BCUT2D eigenvalue weighted by Gasteiger charge is 1.99. The molecule has 0 aliphatic rings. The zero-order chi connectivity index (χ0) is 9.11. The molecule has 0 aromatic carbocycles. The molecule has 0 aliphatic carbocycles. The van der Waals surface area contributed by atoms with Crippen LogP contribution < -0.4 is 0 Å². The Labute approximate surface area is 72.1 Å². The smallest absolute Gasteiger partial charge is 0.0569 e. The van der Waals surface area contributed by atoms with Gasteiger partial charge in [-0.2, -0.15) is 0 Å². The number of hydrogen-bond donors (Lipinski definition) is 0. The van der Waals surface area contributed by atoms with E-state index in [-0.39, 0.29) is 0 Å². The molecule has 0 saturated carbocycles. The van der Waals surface area contributed by atoms with Crippen molar-refractivity contribution in [3.8, 4) is 0 Å². The molecule has 0 bridgehead atoms. The van der Waals surface area contributed by atoms with Crippen LogP contribution in [0.25, 0.3) is 0 Å². The zero-order valence-electron chi connectivity index (χ0n) is 8.81. The molecule has 0 N–H and O–H groups in total. The molecule has 0 spiro atoms. The van der Waals surface area contributed by atoms with Gasteiger partial charge in [-0.15, -0.1) is 0 Å². The lowest BCUT2D eigenvalue weighted by Gasteiger charge is -2.11. The lowest BCUT2D eigenvalue weighted by atomic mass is 10.2. The lowest BCUT2D eigenvalue weighted by molar-refractivity contribution is 0.0487. The van der Waals surface area contributed by atoms with Crippen LogP contribution in [0.3, 0.4) is 0 Å². The van der Waals surface area contributed by atoms with Crippen LogP contribution in [0.15, 0.2) is 0 Å². The molecular weight excluding hydrogens is 136 g/mol. The van der Waals surface area contributed by atoms with Crippen molar-refractivity contribution in [2.45, 2.75) is 60.0 Å². The second-order valence-corrected chi connectivity index (χ2v) is 2.31. The van der Waals surface area contributed by atoms with Gasteiger partial charge in [0, 0.05) is 6.61 Å². The molecule has 0 aromatic heterocycles. The van der Waals surface area contributed by atoms with Crippen LogP contribution in [0.4, 0.5) is 0 Å². The summed E-state index contributed by atoms with van der Waals surface area (Å²) >= 11 is 0. The van der Waals surface area contributed by atoms with Crippen LogP contribution in [-0.2, 0) is 4.74 Å². The molecule has 0 aliphatic heterocycles. The summed E-state index contributed by atoms with van der Waals surface area (Å²) in [6.07, 6.45) is 3.94. The molecule has 0 rings (SSSR count). The maximum atomic E-state index is 5.49. The summed E-state index contributed by atoms with van der Waals surface area (Å²) in [7, 11) is 0. The first-order valence-electron chi connectivity index (χ1n) is 4.96. The van der Waals surface area contributed by atoms with Crippen molar-refractivity contribution in [3.05, 3.63) is 0 Å². The SMILES string of the molecule is CC.CCCOC(CC)CC. The zero-order valence-corrected chi connectivity index (χ0v) is 8.81. The van der Waals surface area contributed by atoms with Gasteiger partial charge in [-0.25, -0.2) is 0 Å². The predicted octanol–water partition coefficient (Wildman–Crippen LogP) is 3.63. The van der Waals surface area contributed by atoms with Crippen LogP contribution in [0, 0.1) is 0 Å². The summed E-state index contributed by atoms with van der Waals surface area (Å²) in [6.45, 7) is 11.4. The average Bonchev–Trinajstić information content (AvgIpc) is 2.10. The fourth-order valence-corrected chi connectivity index (χ4v) is 0.809. The highest BCUT2D eigenvalue weighted by Crippen LogP contribution is 2.02. The van der Waals surface area contributed by atoms with Gasteiger partial charge >= 0.3 is 0 Å². The lowest BCUT2D eigenvalue weighted by Crippen LogP contribution is -2.10. The number of rotatable bonds is 5. The summed E-state index contributed by atoms with van der Waals surface area (Å²) in [5, 5.41) is 0. The Balaban J connectivity index is 0. The van der Waals surface area contributed by atoms with Crippen LogP contribution in [0.2, 0.25) is 0 Å². The third-order valence-corrected chi connectivity index (χ3v) is 1.47. The van der Waals surface area contributed by atoms with Crippen LogP contribution in [-0.4, -0.2) is 12.7 Å². The standard InChI is InChI=1S/C8H18O.C2H6/c1-4-7-9-8(5-2)6-3;1-2/h8H,4-7H2,1-3H3;1-2H3. The van der Waals surface area contributed by atoms with Crippen LogP contribution in [0.1, 0.15) is 53.9 Å². The highest BCUT2D eigenvalue weighted by molar-refractivity contribution is 4.49. The molecule has 0 radical (unpaired) electrons. The van der Waals surface area contributed by atoms with E-state index in [1.165, 1.54) is 0 Å². The molecule has 0 amide bonds. The van der Waals surface area contributed by atoms with Crippen molar-refractivity contribution in [2.75, 3.05) is 6.61 Å². The normalized spacial score (nSPS) is 9.27. The van der Waals surface area contributed by atoms with E-state index in [0.29, 0.717) is 6.10 Å².